The summed E-state index contributed by atoms with van der Waals surface area (Å²) >= 11 is 0. The van der Waals surface area contributed by atoms with Gasteiger partial charge in [-0.05, 0) is 30.3 Å². The van der Waals surface area contributed by atoms with Crippen LogP contribution in [0.3, 0.4) is 0 Å². The zero-order valence-electron chi connectivity index (χ0n) is 10.1. The monoisotopic (exact) mass is 271 g/mol. The lowest BCUT2D eigenvalue weighted by Gasteiger charge is -2.01. The number of imidazole rings is 1. The Hall–Kier alpha value is -3.09. The third kappa shape index (κ3) is 1.81. The Morgan fingerprint density at radius 2 is 1.85 bits per heavy atom. The standard InChI is InChI=1S/C13H9N3O4/c17-10-4-1-8(2-5-10)13-14-11-6-3-9(16(19)20)7-12(11)15(13)18/h1-7,17-18H. The summed E-state index contributed by atoms with van der Waals surface area (Å²) in [5.74, 6) is 0.352. The Labute approximate surface area is 112 Å². The number of phenolic OH excluding ortho intramolecular Hbond substituents is 1. The lowest BCUT2D eigenvalue weighted by Crippen LogP contribution is -1.94. The van der Waals surface area contributed by atoms with Crippen molar-refractivity contribution in [1.82, 2.24) is 9.71 Å². The van der Waals surface area contributed by atoms with Gasteiger partial charge in [-0.2, -0.15) is 4.73 Å². The fraction of sp³-hybridized carbons (Fsp3) is 0. The summed E-state index contributed by atoms with van der Waals surface area (Å²) in [5.41, 5.74) is 1.16. The van der Waals surface area contributed by atoms with Crippen molar-refractivity contribution in [2.45, 2.75) is 0 Å². The Balaban J connectivity index is 2.20. The van der Waals surface area contributed by atoms with E-state index in [1.807, 2.05) is 0 Å². The van der Waals surface area contributed by atoms with E-state index in [4.69, 9.17) is 0 Å². The van der Waals surface area contributed by atoms with Crippen LogP contribution in [0.5, 0.6) is 5.75 Å². The third-order valence-electron chi connectivity index (χ3n) is 2.95. The van der Waals surface area contributed by atoms with Crippen molar-refractivity contribution in [3.05, 3.63) is 52.6 Å². The highest BCUT2D eigenvalue weighted by atomic mass is 16.6. The van der Waals surface area contributed by atoms with Crippen molar-refractivity contribution in [1.29, 1.82) is 0 Å². The second-order valence-electron chi connectivity index (χ2n) is 4.22. The van der Waals surface area contributed by atoms with Crippen LogP contribution < -0.4 is 0 Å². The molecule has 0 aliphatic carbocycles. The van der Waals surface area contributed by atoms with Gasteiger partial charge in [-0.15, -0.1) is 0 Å². The van der Waals surface area contributed by atoms with E-state index < -0.39 is 4.92 Å². The van der Waals surface area contributed by atoms with E-state index in [0.717, 1.165) is 4.73 Å². The van der Waals surface area contributed by atoms with Crippen LogP contribution in [0.2, 0.25) is 0 Å². The highest BCUT2D eigenvalue weighted by molar-refractivity contribution is 5.82. The highest BCUT2D eigenvalue weighted by Crippen LogP contribution is 2.27. The van der Waals surface area contributed by atoms with Crippen molar-refractivity contribution in [3.63, 3.8) is 0 Å². The van der Waals surface area contributed by atoms with Crippen molar-refractivity contribution in [3.8, 4) is 17.1 Å². The summed E-state index contributed by atoms with van der Waals surface area (Å²) in [6.45, 7) is 0. The number of aromatic nitrogens is 2. The number of nitrogens with zero attached hydrogens (tertiary/aromatic N) is 3. The van der Waals surface area contributed by atoms with Crippen LogP contribution in [-0.4, -0.2) is 25.0 Å². The van der Waals surface area contributed by atoms with Crippen LogP contribution in [0.4, 0.5) is 5.69 Å². The van der Waals surface area contributed by atoms with Crippen LogP contribution in [0.1, 0.15) is 0 Å². The van der Waals surface area contributed by atoms with Crippen LogP contribution in [0, 0.1) is 10.1 Å². The van der Waals surface area contributed by atoms with Gasteiger partial charge in [-0.3, -0.25) is 10.1 Å². The molecule has 1 aromatic heterocycles. The van der Waals surface area contributed by atoms with Crippen LogP contribution in [-0.2, 0) is 0 Å². The number of nitro benzene ring substituents is 1. The zero-order chi connectivity index (χ0) is 14.3. The molecule has 2 aromatic carbocycles. The van der Waals surface area contributed by atoms with Crippen LogP contribution in [0.25, 0.3) is 22.4 Å². The van der Waals surface area contributed by atoms with Gasteiger partial charge in [0.2, 0.25) is 0 Å². The Morgan fingerprint density at radius 1 is 1.15 bits per heavy atom. The predicted molar refractivity (Wildman–Crippen MR) is 70.7 cm³/mol. The van der Waals surface area contributed by atoms with E-state index in [2.05, 4.69) is 4.98 Å². The second-order valence-corrected chi connectivity index (χ2v) is 4.22. The van der Waals surface area contributed by atoms with Crippen molar-refractivity contribution in [2.75, 3.05) is 0 Å². The number of rotatable bonds is 2. The molecular weight excluding hydrogens is 262 g/mol. The van der Waals surface area contributed by atoms with Gasteiger partial charge in [0, 0.05) is 17.7 Å². The lowest BCUT2D eigenvalue weighted by atomic mass is 10.2. The van der Waals surface area contributed by atoms with E-state index in [1.165, 1.54) is 30.3 Å². The smallest absolute Gasteiger partial charge is 0.271 e. The molecule has 0 radical (unpaired) electrons. The molecule has 0 atom stereocenters. The number of non-ortho nitro benzene ring substituents is 1. The molecular formula is C13H9N3O4. The number of nitro groups is 1. The summed E-state index contributed by atoms with van der Waals surface area (Å²) in [4.78, 5) is 14.4. The minimum atomic E-state index is -0.535. The quantitative estimate of drug-likeness (QED) is 0.423. The largest absolute Gasteiger partial charge is 0.508 e. The number of hydrogen-bond donors (Lipinski definition) is 2. The SMILES string of the molecule is O=[N+]([O-])c1ccc2nc(-c3ccc(O)cc3)n(O)c2c1. The van der Waals surface area contributed by atoms with Crippen molar-refractivity contribution < 1.29 is 15.2 Å². The summed E-state index contributed by atoms with van der Waals surface area (Å²) in [5, 5.41) is 30.1. The molecule has 3 aromatic rings. The molecule has 0 unspecified atom stereocenters. The number of aromatic hydroxyl groups is 1. The zero-order valence-corrected chi connectivity index (χ0v) is 10.1. The summed E-state index contributed by atoms with van der Waals surface area (Å²) in [7, 11) is 0. The summed E-state index contributed by atoms with van der Waals surface area (Å²) < 4.78 is 0.800. The molecule has 0 aliphatic heterocycles. The van der Waals surface area contributed by atoms with E-state index in [-0.39, 0.29) is 22.8 Å². The lowest BCUT2D eigenvalue weighted by molar-refractivity contribution is -0.384. The summed E-state index contributed by atoms with van der Waals surface area (Å²) in [6, 6.07) is 10.2. The van der Waals surface area contributed by atoms with Crippen LogP contribution >= 0.6 is 0 Å². The van der Waals surface area contributed by atoms with Gasteiger partial charge in [-0.25, -0.2) is 4.98 Å². The van der Waals surface area contributed by atoms with Gasteiger partial charge < -0.3 is 10.3 Å². The van der Waals surface area contributed by atoms with Gasteiger partial charge in [0.05, 0.1) is 10.4 Å². The first-order valence-corrected chi connectivity index (χ1v) is 5.72. The molecule has 20 heavy (non-hydrogen) atoms. The molecule has 1 heterocycles. The Bertz CT molecular complexity index is 808. The van der Waals surface area contributed by atoms with Gasteiger partial charge in [0.25, 0.3) is 5.69 Å². The van der Waals surface area contributed by atoms with Crippen LogP contribution in [0.15, 0.2) is 42.5 Å². The Morgan fingerprint density at radius 3 is 2.50 bits per heavy atom. The van der Waals surface area contributed by atoms with E-state index in [9.17, 15) is 20.4 Å². The topological polar surface area (TPSA) is 101 Å². The van der Waals surface area contributed by atoms with E-state index in [0.29, 0.717) is 11.1 Å². The normalized spacial score (nSPS) is 10.8. The molecule has 7 heteroatoms. The molecule has 0 saturated heterocycles. The van der Waals surface area contributed by atoms with Gasteiger partial charge in [0.1, 0.15) is 11.3 Å². The maximum Gasteiger partial charge on any atom is 0.271 e. The third-order valence-corrected chi connectivity index (χ3v) is 2.95. The maximum atomic E-state index is 10.7. The second kappa shape index (κ2) is 4.23. The first-order chi connectivity index (χ1) is 9.56. The average Bonchev–Trinajstić information content (AvgIpc) is 2.76. The Kier molecular flexibility index (Phi) is 2.53. The molecule has 3 rings (SSSR count). The van der Waals surface area contributed by atoms with Gasteiger partial charge in [-0.1, -0.05) is 0 Å². The van der Waals surface area contributed by atoms with Crippen molar-refractivity contribution >= 4 is 16.7 Å². The number of benzene rings is 2. The number of fused-ring (bicyclic) bond motifs is 1. The summed E-state index contributed by atoms with van der Waals surface area (Å²) in [6.07, 6.45) is 0. The minimum absolute atomic E-state index is 0.102. The van der Waals surface area contributed by atoms with E-state index >= 15 is 0 Å². The predicted octanol–water partition coefficient (Wildman–Crippen LogP) is 2.55. The van der Waals surface area contributed by atoms with Crippen molar-refractivity contribution in [2.24, 2.45) is 0 Å². The van der Waals surface area contributed by atoms with Gasteiger partial charge in [0.15, 0.2) is 5.82 Å². The fourth-order valence-corrected chi connectivity index (χ4v) is 1.96. The molecule has 0 spiro atoms. The van der Waals surface area contributed by atoms with E-state index in [1.54, 1.807) is 12.1 Å². The molecule has 0 amide bonds. The highest BCUT2D eigenvalue weighted by Gasteiger charge is 2.15. The first kappa shape index (κ1) is 12.0. The number of hydrogen-bond acceptors (Lipinski definition) is 5. The molecule has 7 nitrogen and oxygen atoms in total. The molecule has 2 N–H and O–H groups in total. The maximum absolute atomic E-state index is 10.7. The average molecular weight is 271 g/mol. The fourth-order valence-electron chi connectivity index (χ4n) is 1.96. The minimum Gasteiger partial charge on any atom is -0.508 e. The molecule has 0 fully saturated rings. The molecule has 0 saturated carbocycles. The first-order valence-electron chi connectivity index (χ1n) is 5.72. The number of phenols is 1. The molecule has 0 bridgehead atoms. The molecule has 0 aliphatic rings. The van der Waals surface area contributed by atoms with Gasteiger partial charge >= 0.3 is 0 Å². The molecule has 100 valence electrons.